The molecule has 0 aliphatic heterocycles. The average Bonchev–Trinajstić information content (AvgIpc) is 3.04. The average molecular weight is 584 g/mol. The number of methoxy groups -OCH3 is 2. The van der Waals surface area contributed by atoms with Crippen LogP contribution < -0.4 is 15.0 Å². The third-order valence-electron chi connectivity index (χ3n) is 6.64. The molecule has 4 rings (SSSR count). The molecule has 2 N–H and O–H groups in total. The Balaban J connectivity index is 0.000000236. The van der Waals surface area contributed by atoms with E-state index in [0.717, 1.165) is 34.1 Å². The van der Waals surface area contributed by atoms with Gasteiger partial charge in [0.25, 0.3) is 11.8 Å². The molecule has 43 heavy (non-hydrogen) atoms. The summed E-state index contributed by atoms with van der Waals surface area (Å²) in [4.78, 5) is 37.9. The molecule has 0 spiro atoms. The third kappa shape index (κ3) is 7.85. The SMILES string of the molecule is COc1c(C=O)cccc1-c1ccc(C(=O)N(C)C)cc1.COc1c(CNO)cccc1-c1ccc(C(=O)N(C)C)cc1. The molecule has 0 unspecified atom stereocenters. The summed E-state index contributed by atoms with van der Waals surface area (Å²) in [7, 11) is 10.0. The zero-order valence-corrected chi connectivity index (χ0v) is 25.3. The van der Waals surface area contributed by atoms with Crippen molar-refractivity contribution in [3.63, 3.8) is 0 Å². The summed E-state index contributed by atoms with van der Waals surface area (Å²) < 4.78 is 10.8. The Kier molecular flexibility index (Phi) is 11.6. The summed E-state index contributed by atoms with van der Waals surface area (Å²) in [6.45, 7) is 0.300. The zero-order valence-electron chi connectivity index (χ0n) is 25.3. The van der Waals surface area contributed by atoms with Gasteiger partial charge in [0.1, 0.15) is 11.5 Å². The van der Waals surface area contributed by atoms with Crippen LogP contribution in [0.1, 0.15) is 36.6 Å². The first-order chi connectivity index (χ1) is 20.7. The number of aldehydes is 1. The fourth-order valence-corrected chi connectivity index (χ4v) is 4.48. The summed E-state index contributed by atoms with van der Waals surface area (Å²) in [6, 6.07) is 25.8. The predicted molar refractivity (Wildman–Crippen MR) is 167 cm³/mol. The van der Waals surface area contributed by atoms with Gasteiger partial charge >= 0.3 is 0 Å². The zero-order chi connectivity index (χ0) is 31.5. The predicted octanol–water partition coefficient (Wildman–Crippen LogP) is 5.42. The van der Waals surface area contributed by atoms with E-state index in [0.29, 0.717) is 34.7 Å². The van der Waals surface area contributed by atoms with E-state index in [9.17, 15) is 14.4 Å². The largest absolute Gasteiger partial charge is 0.496 e. The number of nitrogens with zero attached hydrogens (tertiary/aromatic N) is 2. The van der Waals surface area contributed by atoms with Crippen molar-refractivity contribution in [1.29, 1.82) is 0 Å². The number of para-hydroxylation sites is 2. The monoisotopic (exact) mass is 583 g/mol. The van der Waals surface area contributed by atoms with E-state index in [1.54, 1.807) is 76.6 Å². The highest BCUT2D eigenvalue weighted by molar-refractivity contribution is 5.95. The number of hydrogen-bond donors (Lipinski definition) is 2. The van der Waals surface area contributed by atoms with Crippen LogP contribution in [-0.2, 0) is 6.54 Å². The first-order valence-electron chi connectivity index (χ1n) is 13.5. The Bertz CT molecular complexity index is 1550. The maximum Gasteiger partial charge on any atom is 0.253 e. The number of carbonyl (C=O) groups excluding carboxylic acids is 3. The number of ether oxygens (including phenoxy) is 2. The van der Waals surface area contributed by atoms with E-state index in [-0.39, 0.29) is 11.8 Å². The van der Waals surface area contributed by atoms with Crippen LogP contribution in [0.15, 0.2) is 84.9 Å². The van der Waals surface area contributed by atoms with Crippen LogP contribution >= 0.6 is 0 Å². The van der Waals surface area contributed by atoms with Gasteiger partial charge in [0.05, 0.1) is 19.8 Å². The standard InChI is InChI=1S/C17H20N2O3.C17H17NO3/c1-19(2)17(20)13-9-7-12(8-10-13)15-6-4-5-14(11-18-21)16(15)22-3;1-18(2)17(20)13-9-7-12(8-10-13)15-6-4-5-14(11-19)16(15)21-3/h4-10,18,21H,11H2,1-3H3;4-11H,1-3H3. The molecule has 4 aromatic carbocycles. The maximum absolute atomic E-state index is 11.9. The van der Waals surface area contributed by atoms with Gasteiger partial charge < -0.3 is 24.5 Å². The van der Waals surface area contributed by atoms with E-state index in [1.165, 1.54) is 12.0 Å². The van der Waals surface area contributed by atoms with Gasteiger partial charge in [0.15, 0.2) is 6.29 Å². The summed E-state index contributed by atoms with van der Waals surface area (Å²) in [5.41, 5.74) is 8.35. The highest BCUT2D eigenvalue weighted by Gasteiger charge is 2.14. The highest BCUT2D eigenvalue weighted by atomic mass is 16.5. The number of nitrogens with one attached hydrogen (secondary N) is 1. The fraction of sp³-hybridized carbons (Fsp3) is 0.206. The van der Waals surface area contributed by atoms with Gasteiger partial charge in [0, 0.05) is 62.6 Å². The van der Waals surface area contributed by atoms with Crippen molar-refractivity contribution in [2.45, 2.75) is 6.54 Å². The van der Waals surface area contributed by atoms with Gasteiger partial charge in [-0.2, -0.15) is 0 Å². The van der Waals surface area contributed by atoms with Crippen molar-refractivity contribution >= 4 is 18.1 Å². The molecular weight excluding hydrogens is 546 g/mol. The van der Waals surface area contributed by atoms with Gasteiger partial charge in [-0.25, -0.2) is 5.48 Å². The summed E-state index contributed by atoms with van der Waals surface area (Å²) in [5, 5.41) is 8.90. The van der Waals surface area contributed by atoms with Crippen molar-refractivity contribution in [1.82, 2.24) is 15.3 Å². The number of carbonyl (C=O) groups is 3. The molecule has 9 nitrogen and oxygen atoms in total. The lowest BCUT2D eigenvalue weighted by Crippen LogP contribution is -2.21. The molecule has 0 atom stereocenters. The fourth-order valence-electron chi connectivity index (χ4n) is 4.48. The Morgan fingerprint density at radius 1 is 0.698 bits per heavy atom. The van der Waals surface area contributed by atoms with Crippen molar-refractivity contribution in [2.75, 3.05) is 42.4 Å². The second kappa shape index (κ2) is 15.3. The molecule has 9 heteroatoms. The Hall–Kier alpha value is -4.99. The summed E-state index contributed by atoms with van der Waals surface area (Å²) in [5.74, 6) is 1.17. The first-order valence-corrected chi connectivity index (χ1v) is 13.5. The quantitative estimate of drug-likeness (QED) is 0.200. The molecule has 4 aromatic rings. The van der Waals surface area contributed by atoms with Crippen molar-refractivity contribution in [3.05, 3.63) is 107 Å². The van der Waals surface area contributed by atoms with Crippen LogP contribution in [0.5, 0.6) is 11.5 Å². The molecule has 224 valence electrons. The lowest BCUT2D eigenvalue weighted by molar-refractivity contribution is 0.0820. The normalized spacial score (nSPS) is 10.2. The Labute approximate surface area is 252 Å². The smallest absolute Gasteiger partial charge is 0.253 e. The molecule has 0 bridgehead atoms. The molecule has 0 aromatic heterocycles. The van der Waals surface area contributed by atoms with Crippen LogP contribution in [0.25, 0.3) is 22.3 Å². The van der Waals surface area contributed by atoms with Gasteiger partial charge in [-0.05, 0) is 41.5 Å². The van der Waals surface area contributed by atoms with E-state index < -0.39 is 0 Å². The second-order valence-electron chi connectivity index (χ2n) is 9.93. The van der Waals surface area contributed by atoms with Gasteiger partial charge in [0.2, 0.25) is 0 Å². The number of rotatable bonds is 9. The lowest BCUT2D eigenvalue weighted by Gasteiger charge is -2.14. The molecule has 0 fully saturated rings. The Morgan fingerprint density at radius 2 is 1.14 bits per heavy atom. The maximum atomic E-state index is 11.9. The van der Waals surface area contributed by atoms with E-state index >= 15 is 0 Å². The van der Waals surface area contributed by atoms with Crippen LogP contribution in [0.2, 0.25) is 0 Å². The van der Waals surface area contributed by atoms with Gasteiger partial charge in [-0.1, -0.05) is 54.6 Å². The molecule has 0 radical (unpaired) electrons. The highest BCUT2D eigenvalue weighted by Crippen LogP contribution is 2.34. The van der Waals surface area contributed by atoms with Crippen LogP contribution in [0.3, 0.4) is 0 Å². The molecule has 0 aliphatic carbocycles. The minimum atomic E-state index is -0.0462. The van der Waals surface area contributed by atoms with Crippen molar-refractivity contribution in [2.24, 2.45) is 0 Å². The summed E-state index contributed by atoms with van der Waals surface area (Å²) >= 11 is 0. The van der Waals surface area contributed by atoms with Crippen LogP contribution in [0, 0.1) is 0 Å². The van der Waals surface area contributed by atoms with Gasteiger partial charge in [-0.3, -0.25) is 14.4 Å². The number of hydrogen-bond acceptors (Lipinski definition) is 7. The van der Waals surface area contributed by atoms with E-state index in [1.807, 2.05) is 48.5 Å². The Morgan fingerprint density at radius 3 is 1.53 bits per heavy atom. The lowest BCUT2D eigenvalue weighted by atomic mass is 10.00. The minimum Gasteiger partial charge on any atom is -0.496 e. The number of hydroxylamine groups is 1. The number of benzene rings is 4. The topological polar surface area (TPSA) is 108 Å². The van der Waals surface area contributed by atoms with Crippen LogP contribution in [0.4, 0.5) is 0 Å². The van der Waals surface area contributed by atoms with Crippen LogP contribution in [-0.4, -0.2) is 75.5 Å². The molecule has 0 aliphatic rings. The third-order valence-corrected chi connectivity index (χ3v) is 6.64. The molecule has 0 saturated heterocycles. The van der Waals surface area contributed by atoms with E-state index in [2.05, 4.69) is 5.48 Å². The molecular formula is C34H37N3O6. The first kappa shape index (κ1) is 32.5. The minimum absolute atomic E-state index is 0.0308. The molecule has 0 saturated carbocycles. The van der Waals surface area contributed by atoms with E-state index in [4.69, 9.17) is 14.7 Å². The second-order valence-corrected chi connectivity index (χ2v) is 9.93. The van der Waals surface area contributed by atoms with Crippen molar-refractivity contribution in [3.8, 4) is 33.8 Å². The van der Waals surface area contributed by atoms with Crippen molar-refractivity contribution < 1.29 is 29.1 Å². The molecule has 0 heterocycles. The van der Waals surface area contributed by atoms with Gasteiger partial charge in [-0.15, -0.1) is 0 Å². The number of amides is 2. The summed E-state index contributed by atoms with van der Waals surface area (Å²) in [6.07, 6.45) is 0.770. The molecule has 2 amide bonds.